The minimum Gasteiger partial charge on any atom is -0.497 e. The summed E-state index contributed by atoms with van der Waals surface area (Å²) >= 11 is 0. The predicted molar refractivity (Wildman–Crippen MR) is 72.9 cm³/mol. The van der Waals surface area contributed by atoms with Crippen LogP contribution in [-0.2, 0) is 4.79 Å². The summed E-state index contributed by atoms with van der Waals surface area (Å²) in [6.07, 6.45) is 4.11. The van der Waals surface area contributed by atoms with Crippen LogP contribution in [0.15, 0.2) is 24.3 Å². The summed E-state index contributed by atoms with van der Waals surface area (Å²) in [6, 6.07) is 7.58. The van der Waals surface area contributed by atoms with Crippen molar-refractivity contribution in [3.8, 4) is 5.75 Å². The van der Waals surface area contributed by atoms with Gasteiger partial charge >= 0.3 is 0 Å². The van der Waals surface area contributed by atoms with Gasteiger partial charge in [-0.05, 0) is 67.2 Å². The maximum atomic E-state index is 12.3. The zero-order chi connectivity index (χ0) is 13.0. The minimum atomic E-state index is 0.233. The van der Waals surface area contributed by atoms with E-state index in [1.54, 1.807) is 7.11 Å². The Kier molecular flexibility index (Phi) is 2.38. The van der Waals surface area contributed by atoms with Crippen LogP contribution >= 0.6 is 0 Å². The first kappa shape index (κ1) is 11.3. The standard InChI is InChI=1S/C16H19NO2/c1-19-12-6-4-11(5-7-12)17-16(18)15-13-9-2-3-10(8-9)14(13)15/h4-7,9-10,13-15H,2-3,8H2,1H3,(H,17,18)/t9-,10-,13+,14+/m1/s1. The first-order valence-electron chi connectivity index (χ1n) is 7.23. The molecular formula is C16H19NO2. The van der Waals surface area contributed by atoms with Gasteiger partial charge in [0.05, 0.1) is 7.11 Å². The molecule has 19 heavy (non-hydrogen) atoms. The maximum Gasteiger partial charge on any atom is 0.228 e. The molecule has 3 heteroatoms. The van der Waals surface area contributed by atoms with E-state index in [9.17, 15) is 4.79 Å². The van der Waals surface area contributed by atoms with Gasteiger partial charge in [-0.15, -0.1) is 0 Å². The van der Waals surface area contributed by atoms with Gasteiger partial charge in [0.15, 0.2) is 0 Å². The van der Waals surface area contributed by atoms with Gasteiger partial charge in [0, 0.05) is 11.6 Å². The molecule has 4 atom stereocenters. The van der Waals surface area contributed by atoms with Crippen molar-refractivity contribution < 1.29 is 9.53 Å². The highest BCUT2D eigenvalue weighted by Gasteiger charge is 2.67. The molecule has 4 rings (SSSR count). The molecule has 3 aliphatic carbocycles. The summed E-state index contributed by atoms with van der Waals surface area (Å²) in [5.74, 6) is 4.46. The largest absolute Gasteiger partial charge is 0.497 e. The average molecular weight is 257 g/mol. The van der Waals surface area contributed by atoms with Gasteiger partial charge in [-0.3, -0.25) is 4.79 Å². The van der Waals surface area contributed by atoms with Gasteiger partial charge in [0.1, 0.15) is 5.75 Å². The lowest BCUT2D eigenvalue weighted by Gasteiger charge is -2.10. The third-order valence-electron chi connectivity index (χ3n) is 5.40. The van der Waals surface area contributed by atoms with Crippen LogP contribution in [0.4, 0.5) is 5.69 Å². The third kappa shape index (κ3) is 1.67. The number of anilines is 1. The second-order valence-electron chi connectivity index (χ2n) is 6.23. The van der Waals surface area contributed by atoms with Crippen molar-refractivity contribution in [2.75, 3.05) is 12.4 Å². The van der Waals surface area contributed by atoms with Crippen molar-refractivity contribution in [3.63, 3.8) is 0 Å². The van der Waals surface area contributed by atoms with Crippen molar-refractivity contribution in [2.24, 2.45) is 29.6 Å². The van der Waals surface area contributed by atoms with Crippen molar-refractivity contribution in [2.45, 2.75) is 19.3 Å². The van der Waals surface area contributed by atoms with E-state index >= 15 is 0 Å². The molecule has 1 amide bonds. The highest BCUT2D eigenvalue weighted by Crippen LogP contribution is 2.69. The zero-order valence-corrected chi connectivity index (χ0v) is 11.1. The van der Waals surface area contributed by atoms with E-state index in [1.807, 2.05) is 24.3 Å². The summed E-state index contributed by atoms with van der Waals surface area (Å²) < 4.78 is 5.12. The molecule has 2 bridgehead atoms. The monoisotopic (exact) mass is 257 g/mol. The second-order valence-corrected chi connectivity index (χ2v) is 6.23. The molecule has 0 spiro atoms. The maximum absolute atomic E-state index is 12.3. The lowest BCUT2D eigenvalue weighted by atomic mass is 10.0. The third-order valence-corrected chi connectivity index (χ3v) is 5.40. The Hall–Kier alpha value is -1.51. The molecule has 1 N–H and O–H groups in total. The zero-order valence-electron chi connectivity index (χ0n) is 11.1. The summed E-state index contributed by atoms with van der Waals surface area (Å²) in [5.41, 5.74) is 0.878. The number of nitrogens with one attached hydrogen (secondary N) is 1. The molecule has 100 valence electrons. The van der Waals surface area contributed by atoms with Crippen LogP contribution in [0.5, 0.6) is 5.75 Å². The number of fused-ring (bicyclic) bond motifs is 5. The van der Waals surface area contributed by atoms with Crippen LogP contribution in [0.3, 0.4) is 0 Å². The van der Waals surface area contributed by atoms with Crippen LogP contribution in [0.25, 0.3) is 0 Å². The number of amides is 1. The van der Waals surface area contributed by atoms with Crippen LogP contribution in [0.1, 0.15) is 19.3 Å². The van der Waals surface area contributed by atoms with E-state index in [1.165, 1.54) is 19.3 Å². The number of hydrogen-bond acceptors (Lipinski definition) is 2. The number of ether oxygens (including phenoxy) is 1. The predicted octanol–water partition coefficient (Wildman–Crippen LogP) is 2.93. The molecule has 1 aromatic rings. The normalized spacial score (nSPS) is 37.8. The molecule has 0 aromatic heterocycles. The fourth-order valence-corrected chi connectivity index (χ4v) is 4.58. The highest BCUT2D eigenvalue weighted by molar-refractivity contribution is 5.95. The summed E-state index contributed by atoms with van der Waals surface area (Å²) in [6.45, 7) is 0. The fourth-order valence-electron chi connectivity index (χ4n) is 4.58. The van der Waals surface area contributed by atoms with Crippen molar-refractivity contribution in [3.05, 3.63) is 24.3 Å². The number of rotatable bonds is 3. The Balaban J connectivity index is 1.42. The van der Waals surface area contributed by atoms with Gasteiger partial charge in [-0.1, -0.05) is 0 Å². The van der Waals surface area contributed by atoms with Crippen molar-refractivity contribution in [1.82, 2.24) is 0 Å². The minimum absolute atomic E-state index is 0.233. The lowest BCUT2D eigenvalue weighted by molar-refractivity contribution is -0.118. The fraction of sp³-hybridized carbons (Fsp3) is 0.562. The Morgan fingerprint density at radius 1 is 1.16 bits per heavy atom. The first-order valence-corrected chi connectivity index (χ1v) is 7.23. The molecule has 0 saturated heterocycles. The number of hydrogen-bond donors (Lipinski definition) is 1. The Morgan fingerprint density at radius 3 is 2.37 bits per heavy atom. The summed E-state index contributed by atoms with van der Waals surface area (Å²) in [7, 11) is 1.65. The summed E-state index contributed by atoms with van der Waals surface area (Å²) in [4.78, 5) is 12.3. The van der Waals surface area contributed by atoms with E-state index in [4.69, 9.17) is 4.74 Å². The first-order chi connectivity index (χ1) is 9.28. The number of carbonyl (C=O) groups is 1. The van der Waals surface area contributed by atoms with Crippen molar-refractivity contribution >= 4 is 11.6 Å². The van der Waals surface area contributed by atoms with E-state index in [0.29, 0.717) is 17.8 Å². The molecule has 1 aromatic carbocycles. The molecule has 0 aliphatic heterocycles. The van der Waals surface area contributed by atoms with Gasteiger partial charge in [-0.2, -0.15) is 0 Å². The van der Waals surface area contributed by atoms with E-state index in [-0.39, 0.29) is 5.91 Å². The Morgan fingerprint density at radius 2 is 1.79 bits per heavy atom. The van der Waals surface area contributed by atoms with Crippen LogP contribution in [0, 0.1) is 29.6 Å². The highest BCUT2D eigenvalue weighted by atomic mass is 16.5. The molecule has 3 saturated carbocycles. The Bertz CT molecular complexity index is 494. The van der Waals surface area contributed by atoms with Gasteiger partial charge in [0.25, 0.3) is 0 Å². The molecule has 0 unspecified atom stereocenters. The smallest absolute Gasteiger partial charge is 0.228 e. The van der Waals surface area contributed by atoms with E-state index in [0.717, 1.165) is 23.3 Å². The molecule has 3 nitrogen and oxygen atoms in total. The Labute approximate surface area is 113 Å². The SMILES string of the molecule is COc1ccc(NC(=O)C2[C@H]3[C@@H]4CC[C@H](C4)[C@H]23)cc1. The summed E-state index contributed by atoms with van der Waals surface area (Å²) in [5, 5.41) is 3.06. The van der Waals surface area contributed by atoms with Crippen molar-refractivity contribution in [1.29, 1.82) is 0 Å². The van der Waals surface area contributed by atoms with Gasteiger partial charge in [-0.25, -0.2) is 0 Å². The van der Waals surface area contributed by atoms with E-state index in [2.05, 4.69) is 5.32 Å². The molecule has 3 fully saturated rings. The molecule has 0 heterocycles. The van der Waals surface area contributed by atoms with Crippen LogP contribution in [0.2, 0.25) is 0 Å². The molecular weight excluding hydrogens is 238 g/mol. The van der Waals surface area contributed by atoms with E-state index < -0.39 is 0 Å². The molecule has 3 aliphatic rings. The quantitative estimate of drug-likeness (QED) is 0.904. The van der Waals surface area contributed by atoms with Crippen LogP contribution < -0.4 is 10.1 Å². The number of benzene rings is 1. The van der Waals surface area contributed by atoms with Gasteiger partial charge in [0.2, 0.25) is 5.91 Å². The van der Waals surface area contributed by atoms with Gasteiger partial charge < -0.3 is 10.1 Å². The topological polar surface area (TPSA) is 38.3 Å². The van der Waals surface area contributed by atoms with Crippen LogP contribution in [-0.4, -0.2) is 13.0 Å². The molecule has 0 radical (unpaired) electrons. The number of carbonyl (C=O) groups excluding carboxylic acids is 1. The number of methoxy groups -OCH3 is 1. The lowest BCUT2D eigenvalue weighted by Crippen LogP contribution is -2.18. The second kappa shape index (κ2) is 3.99. The average Bonchev–Trinajstić information content (AvgIpc) is 2.89.